The van der Waals surface area contributed by atoms with Crippen molar-refractivity contribution in [3.8, 4) is 17.2 Å². The van der Waals surface area contributed by atoms with E-state index in [1.165, 1.54) is 5.69 Å². The van der Waals surface area contributed by atoms with Crippen molar-refractivity contribution in [3.05, 3.63) is 41.9 Å². The van der Waals surface area contributed by atoms with E-state index in [0.717, 1.165) is 22.0 Å². The van der Waals surface area contributed by atoms with Gasteiger partial charge in [0, 0.05) is 48.0 Å². The summed E-state index contributed by atoms with van der Waals surface area (Å²) in [5, 5.41) is 14.7. The second-order valence-corrected chi connectivity index (χ2v) is 4.82. The highest BCUT2D eigenvalue weighted by molar-refractivity contribution is 5.89. The van der Waals surface area contributed by atoms with Crippen molar-refractivity contribution in [2.45, 2.75) is 20.8 Å². The molecule has 3 aromatic rings. The van der Waals surface area contributed by atoms with Crippen LogP contribution < -0.4 is 0 Å². The van der Waals surface area contributed by atoms with E-state index in [0.29, 0.717) is 5.56 Å². The Morgan fingerprint density at radius 3 is 2.43 bits per heavy atom. The summed E-state index contributed by atoms with van der Waals surface area (Å²) >= 11 is 0. The first-order valence-corrected chi connectivity index (χ1v) is 7.09. The molecule has 0 N–H and O–H groups in total. The van der Waals surface area contributed by atoms with Gasteiger partial charge in [0.05, 0.1) is 17.8 Å². The van der Waals surface area contributed by atoms with Crippen LogP contribution in [-0.4, -0.2) is 14.3 Å². The van der Waals surface area contributed by atoms with Crippen molar-refractivity contribution in [2.24, 2.45) is 14.1 Å². The number of nitrogens with zero attached hydrogens (tertiary/aromatic N) is 4. The van der Waals surface area contributed by atoms with Crippen LogP contribution in [-0.2, 0) is 14.1 Å². The molecule has 0 bridgehead atoms. The van der Waals surface area contributed by atoms with Crippen LogP contribution in [0.1, 0.15) is 25.1 Å². The van der Waals surface area contributed by atoms with Gasteiger partial charge in [0.1, 0.15) is 0 Å². The SMILES string of the molecule is CC.Cc1cc2cc(-c3cnn(C)c3)c(C#N)cc2n1C. The molecular weight excluding hydrogens is 260 g/mol. The molecule has 0 aliphatic carbocycles. The average Bonchev–Trinajstić information content (AvgIpc) is 3.05. The van der Waals surface area contributed by atoms with Gasteiger partial charge in [-0.25, -0.2) is 0 Å². The lowest BCUT2D eigenvalue weighted by Crippen LogP contribution is -1.91. The molecule has 3 rings (SSSR count). The Labute approximate surface area is 125 Å². The predicted molar refractivity (Wildman–Crippen MR) is 85.9 cm³/mol. The van der Waals surface area contributed by atoms with Crippen LogP contribution in [0.5, 0.6) is 0 Å². The van der Waals surface area contributed by atoms with Crippen LogP contribution in [0.25, 0.3) is 22.0 Å². The molecule has 0 aliphatic rings. The summed E-state index contributed by atoms with van der Waals surface area (Å²) in [5.74, 6) is 0. The number of fused-ring (bicyclic) bond motifs is 1. The van der Waals surface area contributed by atoms with E-state index in [4.69, 9.17) is 0 Å². The lowest BCUT2D eigenvalue weighted by molar-refractivity contribution is 0.768. The summed E-state index contributed by atoms with van der Waals surface area (Å²) in [4.78, 5) is 0. The lowest BCUT2D eigenvalue weighted by Gasteiger charge is -2.04. The van der Waals surface area contributed by atoms with Crippen LogP contribution in [0, 0.1) is 18.3 Å². The number of hydrogen-bond acceptors (Lipinski definition) is 2. The fraction of sp³-hybridized carbons (Fsp3) is 0.294. The first-order chi connectivity index (χ1) is 10.1. The zero-order valence-corrected chi connectivity index (χ0v) is 13.2. The maximum Gasteiger partial charge on any atom is 0.0998 e. The summed E-state index contributed by atoms with van der Waals surface area (Å²) in [6.45, 7) is 6.07. The summed E-state index contributed by atoms with van der Waals surface area (Å²) in [6.07, 6.45) is 3.72. The molecule has 0 aliphatic heterocycles. The molecule has 0 fully saturated rings. The molecule has 0 unspecified atom stereocenters. The number of aromatic nitrogens is 3. The summed E-state index contributed by atoms with van der Waals surface area (Å²) < 4.78 is 3.85. The topological polar surface area (TPSA) is 46.5 Å². The van der Waals surface area contributed by atoms with Crippen molar-refractivity contribution < 1.29 is 0 Å². The van der Waals surface area contributed by atoms with Gasteiger partial charge in [0.2, 0.25) is 0 Å². The van der Waals surface area contributed by atoms with Crippen molar-refractivity contribution in [2.75, 3.05) is 0 Å². The van der Waals surface area contributed by atoms with Gasteiger partial charge in [0.15, 0.2) is 0 Å². The molecule has 0 amide bonds. The van der Waals surface area contributed by atoms with Crippen molar-refractivity contribution >= 4 is 10.9 Å². The molecule has 2 aromatic heterocycles. The molecule has 4 heteroatoms. The molecule has 21 heavy (non-hydrogen) atoms. The van der Waals surface area contributed by atoms with Gasteiger partial charge in [0.25, 0.3) is 0 Å². The highest BCUT2D eigenvalue weighted by Crippen LogP contribution is 2.29. The van der Waals surface area contributed by atoms with Crippen LogP contribution >= 0.6 is 0 Å². The molecule has 0 atom stereocenters. The summed E-state index contributed by atoms with van der Waals surface area (Å²) in [6, 6.07) is 8.43. The van der Waals surface area contributed by atoms with Crippen molar-refractivity contribution in [3.63, 3.8) is 0 Å². The zero-order valence-electron chi connectivity index (χ0n) is 13.2. The number of aryl methyl sites for hydroxylation is 3. The highest BCUT2D eigenvalue weighted by Gasteiger charge is 2.11. The fourth-order valence-electron chi connectivity index (χ4n) is 2.41. The fourth-order valence-corrected chi connectivity index (χ4v) is 2.41. The Kier molecular flexibility index (Phi) is 4.13. The van der Waals surface area contributed by atoms with E-state index in [9.17, 15) is 5.26 Å². The molecule has 108 valence electrons. The van der Waals surface area contributed by atoms with E-state index >= 15 is 0 Å². The first-order valence-electron chi connectivity index (χ1n) is 7.09. The van der Waals surface area contributed by atoms with Gasteiger partial charge < -0.3 is 4.57 Å². The van der Waals surface area contributed by atoms with Gasteiger partial charge in [-0.1, -0.05) is 13.8 Å². The van der Waals surface area contributed by atoms with E-state index in [1.54, 1.807) is 10.9 Å². The summed E-state index contributed by atoms with van der Waals surface area (Å²) in [5.41, 5.74) is 4.86. The molecule has 1 aromatic carbocycles. The number of rotatable bonds is 1. The average molecular weight is 280 g/mol. The van der Waals surface area contributed by atoms with Gasteiger partial charge >= 0.3 is 0 Å². The minimum absolute atomic E-state index is 0.682. The van der Waals surface area contributed by atoms with Crippen molar-refractivity contribution in [1.82, 2.24) is 14.3 Å². The Bertz CT molecular complexity index is 815. The van der Waals surface area contributed by atoms with Gasteiger partial charge in [-0.15, -0.1) is 0 Å². The van der Waals surface area contributed by atoms with E-state index < -0.39 is 0 Å². The maximum absolute atomic E-state index is 9.36. The van der Waals surface area contributed by atoms with Crippen LogP contribution in [0.3, 0.4) is 0 Å². The van der Waals surface area contributed by atoms with Crippen LogP contribution in [0.4, 0.5) is 0 Å². The van der Waals surface area contributed by atoms with Gasteiger partial charge in [-0.2, -0.15) is 10.4 Å². The minimum atomic E-state index is 0.682. The standard InChI is InChI=1S/C15H14N4.C2H6/c1-10-4-11-5-14(13-8-17-18(2)9-13)12(7-16)6-15(11)19(10)3;1-2/h4-6,8-9H,1-3H3;1-2H3. The molecule has 2 heterocycles. The molecule has 0 radical (unpaired) electrons. The predicted octanol–water partition coefficient (Wildman–Crippen LogP) is 3.79. The van der Waals surface area contributed by atoms with Gasteiger partial charge in [-0.05, 0) is 25.1 Å². The number of nitriles is 1. The largest absolute Gasteiger partial charge is 0.348 e. The zero-order chi connectivity index (χ0) is 15.6. The molecular formula is C17H20N4. The number of benzene rings is 1. The molecule has 0 saturated heterocycles. The molecule has 0 saturated carbocycles. The highest BCUT2D eigenvalue weighted by atomic mass is 15.2. The second-order valence-electron chi connectivity index (χ2n) is 4.82. The third kappa shape index (κ3) is 2.55. The van der Waals surface area contributed by atoms with E-state index in [1.807, 2.05) is 40.2 Å². The smallest absolute Gasteiger partial charge is 0.0998 e. The van der Waals surface area contributed by atoms with Crippen LogP contribution in [0.2, 0.25) is 0 Å². The van der Waals surface area contributed by atoms with Crippen LogP contribution in [0.15, 0.2) is 30.6 Å². The normalized spacial score (nSPS) is 10.1. The third-order valence-electron chi connectivity index (χ3n) is 3.56. The second kappa shape index (κ2) is 5.84. The van der Waals surface area contributed by atoms with E-state index in [-0.39, 0.29) is 0 Å². The van der Waals surface area contributed by atoms with E-state index in [2.05, 4.69) is 34.8 Å². The Hall–Kier alpha value is -2.54. The maximum atomic E-state index is 9.36. The minimum Gasteiger partial charge on any atom is -0.348 e. The quantitative estimate of drug-likeness (QED) is 0.681. The molecule has 4 nitrogen and oxygen atoms in total. The Balaban J connectivity index is 0.000000774. The third-order valence-corrected chi connectivity index (χ3v) is 3.56. The Morgan fingerprint density at radius 1 is 1.14 bits per heavy atom. The van der Waals surface area contributed by atoms with Gasteiger partial charge in [-0.3, -0.25) is 4.68 Å². The molecule has 0 spiro atoms. The Morgan fingerprint density at radius 2 is 1.86 bits per heavy atom. The lowest BCUT2D eigenvalue weighted by atomic mass is 10.0. The summed E-state index contributed by atoms with van der Waals surface area (Å²) in [7, 11) is 3.89. The monoisotopic (exact) mass is 280 g/mol. The number of hydrogen-bond donors (Lipinski definition) is 0. The first kappa shape index (κ1) is 14.9. The van der Waals surface area contributed by atoms with Crippen molar-refractivity contribution in [1.29, 1.82) is 5.26 Å².